The van der Waals surface area contributed by atoms with E-state index in [2.05, 4.69) is 24.5 Å². The number of amides is 2. The number of hydrogen-bond donors (Lipinski definition) is 3. The molecule has 0 saturated carbocycles. The largest absolute Gasteiger partial charge is 0.480 e. The fraction of sp³-hybridized carbons (Fsp3) is 0.818. The van der Waals surface area contributed by atoms with E-state index in [9.17, 15) is 9.59 Å². The zero-order valence-corrected chi connectivity index (χ0v) is 10.7. The topological polar surface area (TPSA) is 87.7 Å². The van der Waals surface area contributed by atoms with Crippen molar-refractivity contribution in [2.45, 2.75) is 33.2 Å². The number of carbonyl (C=O) groups is 2. The summed E-state index contributed by atoms with van der Waals surface area (Å²) < 4.78 is 5.33. The SMILES string of the molecule is CC(C)COCCCNC(=O)N[C@H](C)C(=O)O. The van der Waals surface area contributed by atoms with E-state index in [0.717, 1.165) is 0 Å². The standard InChI is InChI=1S/C11H22N2O4/c1-8(2)7-17-6-4-5-12-11(16)13-9(3)10(14)15/h8-9H,4-7H2,1-3H3,(H,14,15)(H2,12,13,16)/t9-/m1/s1. The lowest BCUT2D eigenvalue weighted by atomic mass is 10.2. The molecular formula is C11H22N2O4. The van der Waals surface area contributed by atoms with Crippen LogP contribution in [0.1, 0.15) is 27.2 Å². The second kappa shape index (κ2) is 8.81. The first-order chi connectivity index (χ1) is 7.93. The first-order valence-electron chi connectivity index (χ1n) is 5.78. The summed E-state index contributed by atoms with van der Waals surface area (Å²) in [5, 5.41) is 13.4. The van der Waals surface area contributed by atoms with Crippen LogP contribution in [-0.4, -0.2) is 42.9 Å². The molecule has 0 unspecified atom stereocenters. The average Bonchev–Trinajstić information content (AvgIpc) is 2.22. The summed E-state index contributed by atoms with van der Waals surface area (Å²) >= 11 is 0. The second-order valence-electron chi connectivity index (χ2n) is 4.28. The van der Waals surface area contributed by atoms with Crippen LogP contribution in [0.15, 0.2) is 0 Å². The predicted molar refractivity (Wildman–Crippen MR) is 63.9 cm³/mol. The van der Waals surface area contributed by atoms with Crippen LogP contribution < -0.4 is 10.6 Å². The highest BCUT2D eigenvalue weighted by Crippen LogP contribution is 1.92. The van der Waals surface area contributed by atoms with E-state index in [1.165, 1.54) is 6.92 Å². The Labute approximate surface area is 102 Å². The van der Waals surface area contributed by atoms with E-state index in [1.807, 2.05) is 0 Å². The molecule has 0 aromatic heterocycles. The van der Waals surface area contributed by atoms with Gasteiger partial charge in [0.25, 0.3) is 0 Å². The van der Waals surface area contributed by atoms with E-state index in [1.54, 1.807) is 0 Å². The lowest BCUT2D eigenvalue weighted by Crippen LogP contribution is -2.44. The average molecular weight is 246 g/mol. The van der Waals surface area contributed by atoms with Gasteiger partial charge in [-0.05, 0) is 19.3 Å². The maximum absolute atomic E-state index is 11.2. The highest BCUT2D eigenvalue weighted by atomic mass is 16.5. The minimum absolute atomic E-state index is 0.469. The van der Waals surface area contributed by atoms with Gasteiger partial charge in [-0.15, -0.1) is 0 Å². The van der Waals surface area contributed by atoms with Crippen LogP contribution >= 0.6 is 0 Å². The van der Waals surface area contributed by atoms with Gasteiger partial charge in [0.2, 0.25) is 0 Å². The third kappa shape index (κ3) is 9.62. The fourth-order valence-corrected chi connectivity index (χ4v) is 1.00. The van der Waals surface area contributed by atoms with Crippen molar-refractivity contribution in [1.82, 2.24) is 10.6 Å². The van der Waals surface area contributed by atoms with Gasteiger partial charge in [-0.1, -0.05) is 13.8 Å². The number of nitrogens with one attached hydrogen (secondary N) is 2. The van der Waals surface area contributed by atoms with Gasteiger partial charge in [0, 0.05) is 19.8 Å². The summed E-state index contributed by atoms with van der Waals surface area (Å²) in [6.45, 7) is 7.32. The quantitative estimate of drug-likeness (QED) is 0.553. The highest BCUT2D eigenvalue weighted by molar-refractivity contribution is 5.82. The molecule has 2 amide bonds. The molecule has 6 nitrogen and oxygen atoms in total. The van der Waals surface area contributed by atoms with E-state index in [-0.39, 0.29) is 0 Å². The molecule has 0 aliphatic rings. The first kappa shape index (κ1) is 15.7. The molecule has 17 heavy (non-hydrogen) atoms. The Balaban J connectivity index is 3.43. The molecule has 0 spiro atoms. The number of carboxylic acids is 1. The van der Waals surface area contributed by atoms with Crippen LogP contribution in [0.3, 0.4) is 0 Å². The van der Waals surface area contributed by atoms with E-state index in [0.29, 0.717) is 32.1 Å². The molecule has 0 saturated heterocycles. The molecular weight excluding hydrogens is 224 g/mol. The van der Waals surface area contributed by atoms with E-state index >= 15 is 0 Å². The van der Waals surface area contributed by atoms with Gasteiger partial charge in [0.05, 0.1) is 0 Å². The van der Waals surface area contributed by atoms with Gasteiger partial charge in [-0.25, -0.2) is 4.79 Å². The minimum Gasteiger partial charge on any atom is -0.480 e. The van der Waals surface area contributed by atoms with E-state index in [4.69, 9.17) is 9.84 Å². The number of urea groups is 1. The van der Waals surface area contributed by atoms with Crippen molar-refractivity contribution >= 4 is 12.0 Å². The minimum atomic E-state index is -1.06. The van der Waals surface area contributed by atoms with Crippen LogP contribution in [0.25, 0.3) is 0 Å². The Hall–Kier alpha value is -1.30. The van der Waals surface area contributed by atoms with Crippen LogP contribution in [0.4, 0.5) is 4.79 Å². The molecule has 0 bridgehead atoms. The zero-order chi connectivity index (χ0) is 13.3. The molecule has 0 rings (SSSR count). The summed E-state index contributed by atoms with van der Waals surface area (Å²) in [5.74, 6) is -0.553. The smallest absolute Gasteiger partial charge is 0.325 e. The van der Waals surface area contributed by atoms with Crippen LogP contribution in [0.2, 0.25) is 0 Å². The number of carbonyl (C=O) groups excluding carboxylic acids is 1. The van der Waals surface area contributed by atoms with Crippen molar-refractivity contribution in [2.24, 2.45) is 5.92 Å². The molecule has 0 heterocycles. The Bertz CT molecular complexity index is 244. The summed E-state index contributed by atoms with van der Waals surface area (Å²) in [6.07, 6.45) is 0.710. The third-order valence-electron chi connectivity index (χ3n) is 1.92. The molecule has 0 aromatic carbocycles. The van der Waals surface area contributed by atoms with Gasteiger partial charge in [0.1, 0.15) is 6.04 Å². The van der Waals surface area contributed by atoms with Crippen molar-refractivity contribution in [1.29, 1.82) is 0 Å². The Morgan fingerprint density at radius 2 is 1.94 bits per heavy atom. The van der Waals surface area contributed by atoms with Crippen LogP contribution in [0, 0.1) is 5.92 Å². The van der Waals surface area contributed by atoms with Gasteiger partial charge in [-0.2, -0.15) is 0 Å². The Morgan fingerprint density at radius 1 is 1.29 bits per heavy atom. The number of rotatable bonds is 8. The first-order valence-corrected chi connectivity index (χ1v) is 5.78. The van der Waals surface area contributed by atoms with Crippen molar-refractivity contribution in [2.75, 3.05) is 19.8 Å². The Morgan fingerprint density at radius 3 is 2.47 bits per heavy atom. The highest BCUT2D eigenvalue weighted by Gasteiger charge is 2.12. The summed E-state index contributed by atoms with van der Waals surface area (Å²) in [5.41, 5.74) is 0. The molecule has 0 fully saturated rings. The summed E-state index contributed by atoms with van der Waals surface area (Å²) in [4.78, 5) is 21.6. The van der Waals surface area contributed by atoms with Crippen molar-refractivity contribution < 1.29 is 19.4 Å². The lowest BCUT2D eigenvalue weighted by molar-refractivity contribution is -0.138. The fourth-order valence-electron chi connectivity index (χ4n) is 1.00. The van der Waals surface area contributed by atoms with Gasteiger partial charge in [0.15, 0.2) is 0 Å². The van der Waals surface area contributed by atoms with E-state index < -0.39 is 18.0 Å². The molecule has 0 radical (unpaired) electrons. The van der Waals surface area contributed by atoms with Crippen LogP contribution in [0.5, 0.6) is 0 Å². The molecule has 0 aromatic rings. The van der Waals surface area contributed by atoms with Gasteiger partial charge in [-0.3, -0.25) is 4.79 Å². The Kier molecular flexibility index (Phi) is 8.13. The predicted octanol–water partition coefficient (Wildman–Crippen LogP) is 0.821. The number of carboxylic acid groups (broad SMARTS) is 1. The molecule has 1 atom stereocenters. The number of aliphatic carboxylic acids is 1. The molecule has 3 N–H and O–H groups in total. The molecule has 0 aliphatic heterocycles. The molecule has 100 valence electrons. The zero-order valence-electron chi connectivity index (χ0n) is 10.7. The van der Waals surface area contributed by atoms with Crippen molar-refractivity contribution in [3.63, 3.8) is 0 Å². The van der Waals surface area contributed by atoms with Crippen molar-refractivity contribution in [3.8, 4) is 0 Å². The van der Waals surface area contributed by atoms with Crippen molar-refractivity contribution in [3.05, 3.63) is 0 Å². The maximum Gasteiger partial charge on any atom is 0.325 e. The summed E-state index contributed by atoms with van der Waals surface area (Å²) in [6, 6.07) is -1.35. The third-order valence-corrected chi connectivity index (χ3v) is 1.92. The summed E-state index contributed by atoms with van der Waals surface area (Å²) in [7, 11) is 0. The van der Waals surface area contributed by atoms with Crippen LogP contribution in [-0.2, 0) is 9.53 Å². The molecule has 0 aliphatic carbocycles. The van der Waals surface area contributed by atoms with Gasteiger partial charge >= 0.3 is 12.0 Å². The number of hydrogen-bond acceptors (Lipinski definition) is 3. The lowest BCUT2D eigenvalue weighted by Gasteiger charge is -2.11. The number of ether oxygens (including phenoxy) is 1. The normalized spacial score (nSPS) is 12.2. The molecule has 6 heteroatoms. The monoisotopic (exact) mass is 246 g/mol. The second-order valence-corrected chi connectivity index (χ2v) is 4.28. The maximum atomic E-state index is 11.2. The van der Waals surface area contributed by atoms with Gasteiger partial charge < -0.3 is 20.5 Å².